The molecule has 1 aromatic carbocycles. The van der Waals surface area contributed by atoms with E-state index in [1.165, 1.54) is 0 Å². The molecule has 34 heavy (non-hydrogen) atoms. The molecule has 4 rings (SSSR count). The maximum atomic E-state index is 13.2. The van der Waals surface area contributed by atoms with Crippen LogP contribution in [0.2, 0.25) is 0 Å². The molecule has 0 bridgehead atoms. The van der Waals surface area contributed by atoms with Crippen LogP contribution in [0.15, 0.2) is 30.3 Å². The van der Waals surface area contributed by atoms with E-state index in [1.807, 2.05) is 30.3 Å². The Hall–Kier alpha value is -3.11. The Morgan fingerprint density at radius 2 is 1.94 bits per heavy atom. The van der Waals surface area contributed by atoms with Crippen LogP contribution in [0.4, 0.5) is 5.82 Å². The van der Waals surface area contributed by atoms with Crippen LogP contribution in [-0.2, 0) is 22.4 Å². The van der Waals surface area contributed by atoms with Gasteiger partial charge in [0.2, 0.25) is 11.8 Å². The van der Waals surface area contributed by atoms with Gasteiger partial charge in [0, 0.05) is 24.5 Å². The number of fused-ring (bicyclic) bond motifs is 1. The summed E-state index contributed by atoms with van der Waals surface area (Å²) in [5.41, 5.74) is 3.73. The number of piperidine rings is 1. The zero-order valence-electron chi connectivity index (χ0n) is 20.1. The van der Waals surface area contributed by atoms with Crippen molar-refractivity contribution in [3.63, 3.8) is 0 Å². The number of benzene rings is 1. The van der Waals surface area contributed by atoms with E-state index >= 15 is 0 Å². The van der Waals surface area contributed by atoms with Gasteiger partial charge in [-0.15, -0.1) is 0 Å². The van der Waals surface area contributed by atoms with Crippen LogP contribution in [0.25, 0.3) is 5.69 Å². The van der Waals surface area contributed by atoms with Crippen LogP contribution in [0, 0.1) is 17.2 Å². The molecule has 0 saturated carbocycles. The Balaban J connectivity index is 1.49. The molecule has 0 spiro atoms. The van der Waals surface area contributed by atoms with Crippen LogP contribution in [0.3, 0.4) is 0 Å². The summed E-state index contributed by atoms with van der Waals surface area (Å²) in [4.78, 5) is 27.7. The summed E-state index contributed by atoms with van der Waals surface area (Å²) in [6, 6.07) is 12.3. The van der Waals surface area contributed by atoms with Crippen molar-refractivity contribution in [2.45, 2.75) is 58.3 Å². The quantitative estimate of drug-likeness (QED) is 0.585. The highest BCUT2D eigenvalue weighted by molar-refractivity contribution is 5.94. The molecule has 2 N–H and O–H groups in total. The summed E-state index contributed by atoms with van der Waals surface area (Å²) in [6.07, 6.45) is 7.70. The van der Waals surface area contributed by atoms with Crippen LogP contribution in [-0.4, -0.2) is 47.5 Å². The Kier molecular flexibility index (Phi) is 8.02. The number of nitriles is 1. The molecule has 1 unspecified atom stereocenters. The molecule has 1 aromatic heterocycles. The molecule has 2 amide bonds. The van der Waals surface area contributed by atoms with E-state index < -0.39 is 0 Å². The number of anilines is 1. The third-order valence-electron chi connectivity index (χ3n) is 6.93. The highest BCUT2D eigenvalue weighted by Crippen LogP contribution is 2.35. The van der Waals surface area contributed by atoms with Gasteiger partial charge in [-0.2, -0.15) is 5.26 Å². The van der Waals surface area contributed by atoms with E-state index in [2.05, 4.69) is 33.1 Å². The number of carbonyl (C=O) groups is 2. The van der Waals surface area contributed by atoms with Crippen LogP contribution in [0.1, 0.15) is 62.3 Å². The molecule has 7 heteroatoms. The molecule has 1 aliphatic heterocycles. The Morgan fingerprint density at radius 1 is 1.15 bits per heavy atom. The molecule has 2 aromatic rings. The first-order valence-corrected chi connectivity index (χ1v) is 12.6. The van der Waals surface area contributed by atoms with E-state index in [-0.39, 0.29) is 24.3 Å². The molecule has 2 aliphatic rings. The Morgan fingerprint density at radius 3 is 2.71 bits per heavy atom. The summed E-state index contributed by atoms with van der Waals surface area (Å²) >= 11 is 0. The fourth-order valence-electron chi connectivity index (χ4n) is 5.22. The van der Waals surface area contributed by atoms with Crippen molar-refractivity contribution in [3.05, 3.63) is 47.2 Å². The number of nitrogens with zero attached hydrogens (tertiary/aromatic N) is 3. The largest absolute Gasteiger partial charge is 0.356 e. The highest BCUT2D eigenvalue weighted by Gasteiger charge is 2.29. The number of likely N-dealkylation sites (tertiary alicyclic amines) is 1. The van der Waals surface area contributed by atoms with E-state index in [4.69, 9.17) is 0 Å². The molecule has 7 nitrogen and oxygen atoms in total. The van der Waals surface area contributed by atoms with Crippen molar-refractivity contribution in [1.82, 2.24) is 14.8 Å². The number of carbonyl (C=O) groups excluding carboxylic acids is 2. The molecule has 1 aliphatic carbocycles. The van der Waals surface area contributed by atoms with Gasteiger partial charge in [0.15, 0.2) is 0 Å². The maximum Gasteiger partial charge on any atom is 0.239 e. The fourth-order valence-corrected chi connectivity index (χ4v) is 5.22. The first kappa shape index (κ1) is 24.0. The van der Waals surface area contributed by atoms with Gasteiger partial charge in [-0.25, -0.2) is 0 Å². The minimum absolute atomic E-state index is 0.0754. The van der Waals surface area contributed by atoms with Crippen molar-refractivity contribution >= 4 is 17.6 Å². The third-order valence-corrected chi connectivity index (χ3v) is 6.93. The van der Waals surface area contributed by atoms with Crippen molar-refractivity contribution in [3.8, 4) is 11.8 Å². The number of rotatable bonds is 8. The first-order valence-electron chi connectivity index (χ1n) is 12.6. The maximum absolute atomic E-state index is 13.2. The SMILES string of the molecule is CCCCNC(=O)C1CCCN(CC(=O)Nc2c(C#N)c3c(n2-c2ccccc2)CCCC3)C1. The topological polar surface area (TPSA) is 90.2 Å². The lowest BCUT2D eigenvalue weighted by molar-refractivity contribution is -0.128. The Bertz CT molecular complexity index is 1050. The predicted molar refractivity (Wildman–Crippen MR) is 133 cm³/mol. The standard InChI is InChI=1S/C27H35N5O2/c1-2-3-15-29-27(34)20-10-9-16-31(18-20)19-25(33)30-26-23(17-28)22-13-7-8-14-24(22)32(26)21-11-5-4-6-12-21/h4-6,11-12,20H,2-3,7-10,13-16,18-19H2,1H3,(H,29,34)(H,30,33). The van der Waals surface area contributed by atoms with Crippen LogP contribution in [0.5, 0.6) is 0 Å². The second-order valence-electron chi connectivity index (χ2n) is 9.41. The summed E-state index contributed by atoms with van der Waals surface area (Å²) in [5, 5.41) is 16.1. The monoisotopic (exact) mass is 461 g/mol. The molecular weight excluding hydrogens is 426 g/mol. The number of hydrogen-bond donors (Lipinski definition) is 2. The number of unbranched alkanes of at least 4 members (excludes halogenated alkanes) is 1. The lowest BCUT2D eigenvalue weighted by Gasteiger charge is -2.31. The molecule has 2 heterocycles. The minimum Gasteiger partial charge on any atom is -0.356 e. The minimum atomic E-state index is -0.143. The number of hydrogen-bond acceptors (Lipinski definition) is 4. The van der Waals surface area contributed by atoms with Crippen molar-refractivity contribution in [2.75, 3.05) is 31.5 Å². The summed E-state index contributed by atoms with van der Waals surface area (Å²) in [6.45, 7) is 4.42. The van der Waals surface area contributed by atoms with Gasteiger partial charge in [0.05, 0.1) is 18.0 Å². The second-order valence-corrected chi connectivity index (χ2v) is 9.41. The summed E-state index contributed by atoms with van der Waals surface area (Å²) in [5.74, 6) is 0.455. The highest BCUT2D eigenvalue weighted by atomic mass is 16.2. The molecule has 180 valence electrons. The zero-order chi connectivity index (χ0) is 23.9. The molecule has 1 atom stereocenters. The van der Waals surface area contributed by atoms with Gasteiger partial charge >= 0.3 is 0 Å². The first-order chi connectivity index (χ1) is 16.6. The molecular formula is C27H35N5O2. The van der Waals surface area contributed by atoms with Gasteiger partial charge in [0.1, 0.15) is 11.9 Å². The number of nitrogens with one attached hydrogen (secondary N) is 2. The normalized spacial score (nSPS) is 18.1. The van der Waals surface area contributed by atoms with Gasteiger partial charge in [-0.3, -0.25) is 19.1 Å². The van der Waals surface area contributed by atoms with Crippen molar-refractivity contribution in [1.29, 1.82) is 5.26 Å². The van der Waals surface area contributed by atoms with Gasteiger partial charge in [0.25, 0.3) is 0 Å². The van der Waals surface area contributed by atoms with E-state index in [9.17, 15) is 14.9 Å². The molecule has 1 saturated heterocycles. The van der Waals surface area contributed by atoms with Gasteiger partial charge in [-0.1, -0.05) is 31.5 Å². The van der Waals surface area contributed by atoms with Crippen LogP contribution >= 0.6 is 0 Å². The molecule has 0 radical (unpaired) electrons. The number of amides is 2. The summed E-state index contributed by atoms with van der Waals surface area (Å²) in [7, 11) is 0. The average molecular weight is 462 g/mol. The van der Waals surface area contributed by atoms with E-state index in [0.717, 1.165) is 74.9 Å². The van der Waals surface area contributed by atoms with E-state index in [1.54, 1.807) is 0 Å². The Labute approximate surface area is 202 Å². The predicted octanol–water partition coefficient (Wildman–Crippen LogP) is 3.79. The number of aromatic nitrogens is 1. The van der Waals surface area contributed by atoms with Gasteiger partial charge < -0.3 is 10.6 Å². The lowest BCUT2D eigenvalue weighted by Crippen LogP contribution is -2.45. The van der Waals surface area contributed by atoms with Gasteiger partial charge in [-0.05, 0) is 69.2 Å². The number of para-hydroxylation sites is 1. The summed E-state index contributed by atoms with van der Waals surface area (Å²) < 4.78 is 2.06. The zero-order valence-corrected chi connectivity index (χ0v) is 20.1. The third kappa shape index (κ3) is 5.34. The van der Waals surface area contributed by atoms with E-state index in [0.29, 0.717) is 24.5 Å². The smallest absolute Gasteiger partial charge is 0.239 e. The average Bonchev–Trinajstić information content (AvgIpc) is 3.17. The molecule has 1 fully saturated rings. The van der Waals surface area contributed by atoms with Crippen LogP contribution < -0.4 is 10.6 Å². The van der Waals surface area contributed by atoms with Crippen molar-refractivity contribution in [2.24, 2.45) is 5.92 Å². The van der Waals surface area contributed by atoms with Crippen molar-refractivity contribution < 1.29 is 9.59 Å². The lowest BCUT2D eigenvalue weighted by atomic mass is 9.95. The fraction of sp³-hybridized carbons (Fsp3) is 0.519. The second kappa shape index (κ2) is 11.3.